The zero-order valence-electron chi connectivity index (χ0n) is 12.1. The molecule has 0 bridgehead atoms. The summed E-state index contributed by atoms with van der Waals surface area (Å²) in [5, 5.41) is 18.6. The number of ether oxygens (including phenoxy) is 1. The maximum Gasteiger partial charge on any atom is 0.333 e. The Bertz CT molecular complexity index is 442. The predicted molar refractivity (Wildman–Crippen MR) is 73.6 cm³/mol. The second-order valence-corrected chi connectivity index (χ2v) is 4.78. The third kappa shape index (κ3) is 3.44. The molecule has 0 aromatic carbocycles. The molecule has 1 atom stereocenters. The van der Waals surface area contributed by atoms with E-state index in [-0.39, 0.29) is 22.7 Å². The Balaban J connectivity index is 3.17. The molecule has 1 unspecified atom stereocenters. The molecule has 0 saturated heterocycles. The van der Waals surface area contributed by atoms with Gasteiger partial charge in [-0.05, 0) is 27.2 Å². The number of nitrogens with one attached hydrogen (secondary N) is 1. The quantitative estimate of drug-likeness (QED) is 0.608. The van der Waals surface area contributed by atoms with E-state index in [9.17, 15) is 10.1 Å². The molecule has 0 fully saturated rings. The molecule has 1 aromatic heterocycles. The number of hydrogen-bond donors (Lipinski definition) is 1. The van der Waals surface area contributed by atoms with E-state index >= 15 is 0 Å². The van der Waals surface area contributed by atoms with Crippen molar-refractivity contribution in [2.45, 2.75) is 46.2 Å². The van der Waals surface area contributed by atoms with Gasteiger partial charge >= 0.3 is 5.69 Å². The van der Waals surface area contributed by atoms with E-state index in [4.69, 9.17) is 4.74 Å². The molecule has 1 rings (SSSR count). The first-order valence-electron chi connectivity index (χ1n) is 6.41. The summed E-state index contributed by atoms with van der Waals surface area (Å²) in [5.74, 6) is 0.460. The predicted octanol–water partition coefficient (Wildman–Crippen LogP) is 2.52. The van der Waals surface area contributed by atoms with Crippen LogP contribution >= 0.6 is 0 Å². The molecule has 1 aromatic rings. The Kier molecular flexibility index (Phi) is 5.29. The molecule has 7 heteroatoms. The van der Waals surface area contributed by atoms with Crippen molar-refractivity contribution in [2.24, 2.45) is 0 Å². The van der Waals surface area contributed by atoms with Gasteiger partial charge in [0.2, 0.25) is 5.82 Å². The highest BCUT2D eigenvalue weighted by Gasteiger charge is 2.27. The van der Waals surface area contributed by atoms with Crippen molar-refractivity contribution in [1.29, 1.82) is 0 Å². The van der Waals surface area contributed by atoms with Crippen LogP contribution in [0.2, 0.25) is 0 Å². The average molecular weight is 270 g/mol. The number of hydrogen-bond acceptors (Lipinski definition) is 5. The summed E-state index contributed by atoms with van der Waals surface area (Å²) in [6, 6.07) is 0.0762. The van der Waals surface area contributed by atoms with Crippen LogP contribution in [0.3, 0.4) is 0 Å². The molecule has 19 heavy (non-hydrogen) atoms. The number of aromatic nitrogens is 2. The largest absolute Gasteiger partial charge is 0.383 e. The van der Waals surface area contributed by atoms with Gasteiger partial charge in [-0.3, -0.25) is 10.1 Å². The third-order valence-electron chi connectivity index (χ3n) is 2.93. The fourth-order valence-corrected chi connectivity index (χ4v) is 1.92. The first kappa shape index (κ1) is 15.4. The van der Waals surface area contributed by atoms with Crippen molar-refractivity contribution in [1.82, 2.24) is 9.78 Å². The summed E-state index contributed by atoms with van der Waals surface area (Å²) in [6.45, 7) is 8.04. The molecule has 1 N–H and O–H groups in total. The van der Waals surface area contributed by atoms with Crippen LogP contribution in [0.15, 0.2) is 0 Å². The van der Waals surface area contributed by atoms with E-state index in [0.717, 1.165) is 6.42 Å². The topological polar surface area (TPSA) is 82.2 Å². The summed E-state index contributed by atoms with van der Waals surface area (Å²) in [4.78, 5) is 10.8. The van der Waals surface area contributed by atoms with Crippen LogP contribution in [0, 0.1) is 17.0 Å². The first-order valence-corrected chi connectivity index (χ1v) is 6.41. The molecule has 0 saturated carbocycles. The van der Waals surface area contributed by atoms with Crippen molar-refractivity contribution in [3.63, 3.8) is 0 Å². The number of nitro groups is 1. The van der Waals surface area contributed by atoms with Crippen LogP contribution < -0.4 is 5.32 Å². The number of rotatable bonds is 7. The number of aryl methyl sites for hydroxylation is 1. The molecule has 0 spiro atoms. The summed E-state index contributed by atoms with van der Waals surface area (Å²) >= 11 is 0. The van der Waals surface area contributed by atoms with Gasteiger partial charge < -0.3 is 10.1 Å². The van der Waals surface area contributed by atoms with E-state index < -0.39 is 0 Å². The van der Waals surface area contributed by atoms with Crippen molar-refractivity contribution in [3.8, 4) is 0 Å². The monoisotopic (exact) mass is 270 g/mol. The van der Waals surface area contributed by atoms with Crippen molar-refractivity contribution >= 4 is 11.5 Å². The second kappa shape index (κ2) is 6.51. The lowest BCUT2D eigenvalue weighted by Crippen LogP contribution is -2.26. The van der Waals surface area contributed by atoms with Gasteiger partial charge in [-0.2, -0.15) is 5.10 Å². The van der Waals surface area contributed by atoms with Gasteiger partial charge in [0, 0.05) is 13.2 Å². The minimum Gasteiger partial charge on any atom is -0.383 e. The molecule has 0 aliphatic heterocycles. The highest BCUT2D eigenvalue weighted by Crippen LogP contribution is 2.31. The Labute approximate surface area is 113 Å². The molecule has 7 nitrogen and oxygen atoms in total. The minimum absolute atomic E-state index is 0.0253. The van der Waals surface area contributed by atoms with Gasteiger partial charge in [0.1, 0.15) is 5.69 Å². The van der Waals surface area contributed by atoms with E-state index in [1.165, 1.54) is 0 Å². The zero-order chi connectivity index (χ0) is 14.6. The Morgan fingerprint density at radius 2 is 2.16 bits per heavy atom. The highest BCUT2D eigenvalue weighted by atomic mass is 16.6. The lowest BCUT2D eigenvalue weighted by molar-refractivity contribution is -0.384. The molecular weight excluding hydrogens is 248 g/mol. The highest BCUT2D eigenvalue weighted by molar-refractivity contribution is 5.60. The zero-order valence-corrected chi connectivity index (χ0v) is 12.1. The molecular formula is C12H22N4O3. The minimum atomic E-state index is -0.386. The van der Waals surface area contributed by atoms with Crippen molar-refractivity contribution in [2.75, 3.05) is 19.0 Å². The van der Waals surface area contributed by atoms with Gasteiger partial charge in [-0.25, -0.2) is 4.68 Å². The number of nitrogens with zero attached hydrogens (tertiary/aromatic N) is 3. The smallest absolute Gasteiger partial charge is 0.333 e. The maximum absolute atomic E-state index is 11.2. The van der Waals surface area contributed by atoms with Crippen LogP contribution in [0.1, 0.15) is 38.9 Å². The molecule has 0 aliphatic carbocycles. The molecule has 1 heterocycles. The van der Waals surface area contributed by atoms with E-state index in [0.29, 0.717) is 18.1 Å². The summed E-state index contributed by atoms with van der Waals surface area (Å²) < 4.78 is 6.77. The Morgan fingerprint density at radius 3 is 2.58 bits per heavy atom. The van der Waals surface area contributed by atoms with Crippen LogP contribution in [-0.2, 0) is 4.74 Å². The number of methoxy groups -OCH3 is 1. The molecule has 108 valence electrons. The van der Waals surface area contributed by atoms with Gasteiger partial charge in [0.25, 0.3) is 0 Å². The van der Waals surface area contributed by atoms with Gasteiger partial charge in [-0.15, -0.1) is 0 Å². The first-order chi connectivity index (χ1) is 8.92. The van der Waals surface area contributed by atoms with E-state index in [2.05, 4.69) is 10.4 Å². The molecule has 0 radical (unpaired) electrons. The van der Waals surface area contributed by atoms with Crippen LogP contribution in [-0.4, -0.2) is 34.5 Å². The average Bonchev–Trinajstić information content (AvgIpc) is 2.65. The Morgan fingerprint density at radius 1 is 1.53 bits per heavy atom. The fourth-order valence-electron chi connectivity index (χ4n) is 1.92. The molecule has 0 amide bonds. The van der Waals surface area contributed by atoms with Crippen LogP contribution in [0.25, 0.3) is 0 Å². The van der Waals surface area contributed by atoms with Crippen LogP contribution in [0.5, 0.6) is 0 Å². The maximum atomic E-state index is 11.2. The lowest BCUT2D eigenvalue weighted by Gasteiger charge is -2.18. The van der Waals surface area contributed by atoms with Crippen molar-refractivity contribution in [3.05, 3.63) is 15.8 Å². The Hall–Kier alpha value is -1.63. The lowest BCUT2D eigenvalue weighted by atomic mass is 10.2. The number of anilines is 1. The normalized spacial score (nSPS) is 12.7. The van der Waals surface area contributed by atoms with Gasteiger partial charge in [0.15, 0.2) is 0 Å². The summed E-state index contributed by atoms with van der Waals surface area (Å²) in [7, 11) is 1.61. The summed E-state index contributed by atoms with van der Waals surface area (Å²) in [6.07, 6.45) is 0.813. The fraction of sp³-hybridized carbons (Fsp3) is 0.750. The van der Waals surface area contributed by atoms with E-state index in [1.807, 2.05) is 20.8 Å². The second-order valence-electron chi connectivity index (χ2n) is 4.78. The molecule has 0 aliphatic rings. The third-order valence-corrected chi connectivity index (χ3v) is 2.93. The van der Waals surface area contributed by atoms with Crippen LogP contribution in [0.4, 0.5) is 11.5 Å². The van der Waals surface area contributed by atoms with Gasteiger partial charge in [0.05, 0.1) is 17.6 Å². The van der Waals surface area contributed by atoms with Crippen molar-refractivity contribution < 1.29 is 9.66 Å². The van der Waals surface area contributed by atoms with Gasteiger partial charge in [-0.1, -0.05) is 6.92 Å². The SMILES string of the molecule is CCC(COC)Nc1c([N+](=O)[O-])c(C)nn1C(C)C. The standard InChI is InChI=1S/C12H22N4O3/c1-6-10(7-19-5)13-12-11(16(17)18)9(4)14-15(12)8(2)3/h8,10,13H,6-7H2,1-5H3. The van der Waals surface area contributed by atoms with E-state index in [1.54, 1.807) is 18.7 Å². The summed E-state index contributed by atoms with van der Waals surface area (Å²) in [5.41, 5.74) is 0.469.